The van der Waals surface area contributed by atoms with Crippen LogP contribution in [0.2, 0.25) is 0 Å². The van der Waals surface area contributed by atoms with Crippen LogP contribution in [0.3, 0.4) is 0 Å². The summed E-state index contributed by atoms with van der Waals surface area (Å²) in [4.78, 5) is 39.9. The Morgan fingerprint density at radius 3 is 2.32 bits per heavy atom. The third-order valence-corrected chi connectivity index (χ3v) is 4.18. The minimum Gasteiger partial charge on any atom is -0.457 e. The van der Waals surface area contributed by atoms with Crippen LogP contribution in [-0.2, 0) is 11.2 Å². The molecule has 0 unspecified atom stereocenters. The molecule has 0 bridgehead atoms. The first kappa shape index (κ1) is 21.5. The van der Waals surface area contributed by atoms with E-state index >= 15 is 0 Å². The van der Waals surface area contributed by atoms with Gasteiger partial charge in [-0.3, -0.25) is 30.2 Å². The molecule has 8 heteroatoms. The van der Waals surface area contributed by atoms with Crippen molar-refractivity contribution in [1.82, 2.24) is 21.2 Å². The summed E-state index contributed by atoms with van der Waals surface area (Å²) >= 11 is 0. The normalized spacial score (nSPS) is 10.1. The maximum Gasteiger partial charge on any atom is 0.270 e. The number of benzene rings is 2. The summed E-state index contributed by atoms with van der Waals surface area (Å²) < 4.78 is 5.76. The Bertz CT molecular complexity index is 1050. The lowest BCUT2D eigenvalue weighted by atomic mass is 10.1. The van der Waals surface area contributed by atoms with Crippen molar-refractivity contribution in [1.29, 1.82) is 0 Å². The van der Waals surface area contributed by atoms with Crippen molar-refractivity contribution in [3.8, 4) is 11.5 Å². The quantitative estimate of drug-likeness (QED) is 0.511. The highest BCUT2D eigenvalue weighted by atomic mass is 16.5. The smallest absolute Gasteiger partial charge is 0.270 e. The van der Waals surface area contributed by atoms with E-state index in [9.17, 15) is 14.4 Å². The molecule has 158 valence electrons. The molecule has 2 aromatic carbocycles. The van der Waals surface area contributed by atoms with Crippen LogP contribution in [0.1, 0.15) is 33.3 Å². The van der Waals surface area contributed by atoms with E-state index in [0.717, 1.165) is 5.56 Å². The van der Waals surface area contributed by atoms with Gasteiger partial charge >= 0.3 is 0 Å². The number of hydrogen-bond acceptors (Lipinski definition) is 5. The van der Waals surface area contributed by atoms with Crippen molar-refractivity contribution in [2.24, 2.45) is 0 Å². The van der Waals surface area contributed by atoms with E-state index in [-0.39, 0.29) is 29.8 Å². The number of ether oxygens (including phenoxy) is 1. The molecule has 0 radical (unpaired) electrons. The molecule has 1 aromatic heterocycles. The second-order valence-electron chi connectivity index (χ2n) is 6.53. The van der Waals surface area contributed by atoms with Gasteiger partial charge in [0.1, 0.15) is 17.2 Å². The highest BCUT2D eigenvalue weighted by Gasteiger charge is 2.09. The maximum absolute atomic E-state index is 12.1. The number of carbonyl (C=O) groups excluding carboxylic acids is 3. The Labute approximate surface area is 179 Å². The molecule has 3 rings (SSSR count). The van der Waals surface area contributed by atoms with Crippen molar-refractivity contribution < 1.29 is 19.1 Å². The second-order valence-corrected chi connectivity index (χ2v) is 6.53. The van der Waals surface area contributed by atoms with Crippen LogP contribution in [-0.4, -0.2) is 29.3 Å². The Kier molecular flexibility index (Phi) is 7.31. The number of hydrazine groups is 1. The number of pyridine rings is 1. The van der Waals surface area contributed by atoms with Crippen LogP contribution in [0.25, 0.3) is 0 Å². The molecule has 3 aromatic rings. The first-order valence-electron chi connectivity index (χ1n) is 9.70. The Hall–Kier alpha value is -4.20. The van der Waals surface area contributed by atoms with Crippen LogP contribution in [0.15, 0.2) is 72.9 Å². The highest BCUT2D eigenvalue weighted by molar-refractivity contribution is 5.95. The van der Waals surface area contributed by atoms with Crippen LogP contribution in [0, 0.1) is 0 Å². The minimum atomic E-state index is -0.387. The van der Waals surface area contributed by atoms with Gasteiger partial charge in [0.25, 0.3) is 11.8 Å². The number of nitrogens with one attached hydrogen (secondary N) is 3. The number of nitrogens with zero attached hydrogens (tertiary/aromatic N) is 1. The fourth-order valence-electron chi connectivity index (χ4n) is 2.68. The molecule has 0 aliphatic heterocycles. The lowest BCUT2D eigenvalue weighted by molar-refractivity contribution is -0.121. The van der Waals surface area contributed by atoms with Crippen molar-refractivity contribution in [2.45, 2.75) is 13.3 Å². The minimum absolute atomic E-state index is 0.0892. The van der Waals surface area contributed by atoms with Crippen molar-refractivity contribution in [3.05, 3.63) is 89.7 Å². The summed E-state index contributed by atoms with van der Waals surface area (Å²) in [6.07, 6.45) is 1.59. The SMILES string of the molecule is CCNC(=O)c1cc(Oc2ccc(CC(=O)NNC(=O)c3ccccc3)cc2)ccn1. The van der Waals surface area contributed by atoms with Gasteiger partial charge < -0.3 is 10.1 Å². The highest BCUT2D eigenvalue weighted by Crippen LogP contribution is 2.22. The summed E-state index contributed by atoms with van der Waals surface area (Å²) in [5.74, 6) is 0.0225. The predicted molar refractivity (Wildman–Crippen MR) is 115 cm³/mol. The van der Waals surface area contributed by atoms with Gasteiger partial charge in [0.15, 0.2) is 0 Å². The topological polar surface area (TPSA) is 109 Å². The van der Waals surface area contributed by atoms with Gasteiger partial charge in [-0.2, -0.15) is 0 Å². The van der Waals surface area contributed by atoms with Crippen LogP contribution in [0.4, 0.5) is 0 Å². The van der Waals surface area contributed by atoms with E-state index in [1.54, 1.807) is 66.7 Å². The van der Waals surface area contributed by atoms with Crippen molar-refractivity contribution in [2.75, 3.05) is 6.54 Å². The van der Waals surface area contributed by atoms with Crippen LogP contribution >= 0.6 is 0 Å². The second kappa shape index (κ2) is 10.5. The fourth-order valence-corrected chi connectivity index (χ4v) is 2.68. The van der Waals surface area contributed by atoms with E-state index in [0.29, 0.717) is 23.6 Å². The molecule has 8 nitrogen and oxygen atoms in total. The van der Waals surface area contributed by atoms with Crippen molar-refractivity contribution in [3.63, 3.8) is 0 Å². The Morgan fingerprint density at radius 2 is 1.61 bits per heavy atom. The van der Waals surface area contributed by atoms with Gasteiger partial charge in [0.05, 0.1) is 6.42 Å². The fraction of sp³-hybridized carbons (Fsp3) is 0.130. The standard InChI is InChI=1S/C23H22N4O4/c1-2-24-23(30)20-15-19(12-13-25-20)31-18-10-8-16(9-11-18)14-21(28)26-27-22(29)17-6-4-3-5-7-17/h3-13,15H,2,14H2,1H3,(H,24,30)(H,26,28)(H,27,29). The van der Waals surface area contributed by atoms with Gasteiger partial charge in [0, 0.05) is 24.4 Å². The Morgan fingerprint density at radius 1 is 0.871 bits per heavy atom. The van der Waals surface area contributed by atoms with Gasteiger partial charge in [-0.25, -0.2) is 0 Å². The molecule has 31 heavy (non-hydrogen) atoms. The number of carbonyl (C=O) groups is 3. The molecule has 0 aliphatic rings. The summed E-state index contributed by atoms with van der Waals surface area (Å²) in [5.41, 5.74) is 6.25. The van der Waals surface area contributed by atoms with E-state index in [4.69, 9.17) is 4.74 Å². The average Bonchev–Trinajstić information content (AvgIpc) is 2.80. The van der Waals surface area contributed by atoms with Crippen molar-refractivity contribution >= 4 is 17.7 Å². The maximum atomic E-state index is 12.1. The Balaban J connectivity index is 1.52. The van der Waals surface area contributed by atoms with Gasteiger partial charge in [-0.15, -0.1) is 0 Å². The zero-order chi connectivity index (χ0) is 22.1. The lowest BCUT2D eigenvalue weighted by Gasteiger charge is -2.09. The molecule has 0 fully saturated rings. The van der Waals surface area contributed by atoms with E-state index in [1.165, 1.54) is 6.20 Å². The summed E-state index contributed by atoms with van der Waals surface area (Å²) in [6, 6.07) is 18.7. The molecule has 0 atom stereocenters. The summed E-state index contributed by atoms with van der Waals surface area (Å²) in [7, 11) is 0. The first-order valence-corrected chi connectivity index (χ1v) is 9.70. The number of rotatable bonds is 7. The third-order valence-electron chi connectivity index (χ3n) is 4.18. The summed E-state index contributed by atoms with van der Waals surface area (Å²) in [5, 5.41) is 2.68. The number of hydrogen-bond donors (Lipinski definition) is 3. The van der Waals surface area contributed by atoms with Crippen LogP contribution in [0.5, 0.6) is 11.5 Å². The number of amides is 3. The van der Waals surface area contributed by atoms with E-state index in [1.807, 2.05) is 6.92 Å². The molecule has 0 saturated heterocycles. The molecule has 3 N–H and O–H groups in total. The van der Waals surface area contributed by atoms with E-state index < -0.39 is 0 Å². The molecule has 0 spiro atoms. The largest absolute Gasteiger partial charge is 0.457 e. The monoisotopic (exact) mass is 418 g/mol. The molecule has 0 saturated carbocycles. The predicted octanol–water partition coefficient (Wildman–Crippen LogP) is 2.63. The first-order chi connectivity index (χ1) is 15.0. The third kappa shape index (κ3) is 6.40. The van der Waals surface area contributed by atoms with Gasteiger partial charge in [-0.05, 0) is 42.8 Å². The van der Waals surface area contributed by atoms with Crippen LogP contribution < -0.4 is 20.9 Å². The molecule has 1 heterocycles. The molecular formula is C23H22N4O4. The molecule has 0 aliphatic carbocycles. The zero-order valence-corrected chi connectivity index (χ0v) is 16.9. The summed E-state index contributed by atoms with van der Waals surface area (Å²) in [6.45, 7) is 2.34. The average molecular weight is 418 g/mol. The molecule has 3 amide bonds. The van der Waals surface area contributed by atoms with E-state index in [2.05, 4.69) is 21.2 Å². The number of aromatic nitrogens is 1. The van der Waals surface area contributed by atoms with Gasteiger partial charge in [0.2, 0.25) is 5.91 Å². The van der Waals surface area contributed by atoms with Gasteiger partial charge in [-0.1, -0.05) is 30.3 Å². The molecular weight excluding hydrogens is 396 g/mol. The zero-order valence-electron chi connectivity index (χ0n) is 16.9. The lowest BCUT2D eigenvalue weighted by Crippen LogP contribution is -2.42.